The smallest absolute Gasteiger partial charge is 0.462 e. The number of fused-ring (bicyclic) bond motifs is 1. The van der Waals surface area contributed by atoms with Gasteiger partial charge in [-0.05, 0) is 54.2 Å². The van der Waals surface area contributed by atoms with Gasteiger partial charge in [-0.2, -0.15) is 0 Å². The Kier molecular flexibility index (Phi) is 5.70. The number of carbonyl (C=O) groups is 2. The van der Waals surface area contributed by atoms with Gasteiger partial charge in [0.05, 0.1) is 18.8 Å². The fourth-order valence-corrected chi connectivity index (χ4v) is 2.96. The fraction of sp³-hybridized carbons (Fsp3) is 0.263. The molecule has 0 spiro atoms. The number of hydrogen-bond acceptors (Lipinski definition) is 5. The number of nitrogens with one attached hydrogen (secondary N) is 1. The summed E-state index contributed by atoms with van der Waals surface area (Å²) in [6.45, 7) is 2.46. The molecule has 2 aromatic carbocycles. The largest absolute Gasteiger partial charge is 0.492 e. The van der Waals surface area contributed by atoms with Crippen LogP contribution in [0.25, 0.3) is 0 Å². The molecule has 1 aliphatic heterocycles. The predicted molar refractivity (Wildman–Crippen MR) is 98.2 cm³/mol. The Morgan fingerprint density at radius 3 is 2.73 bits per heavy atom. The maximum absolute atomic E-state index is 12.2. The van der Waals surface area contributed by atoms with Crippen molar-refractivity contribution in [3.8, 4) is 0 Å². The van der Waals surface area contributed by atoms with Crippen LogP contribution in [0.1, 0.15) is 34.8 Å². The summed E-state index contributed by atoms with van der Waals surface area (Å²) < 4.78 is 10.2. The van der Waals surface area contributed by atoms with Crippen molar-refractivity contribution < 1.29 is 24.0 Å². The fourth-order valence-electron chi connectivity index (χ4n) is 2.96. The van der Waals surface area contributed by atoms with Crippen molar-refractivity contribution in [3.63, 3.8) is 0 Å². The summed E-state index contributed by atoms with van der Waals surface area (Å²) >= 11 is 0. The van der Waals surface area contributed by atoms with Gasteiger partial charge in [-0.25, -0.2) is 4.79 Å². The number of aryl methyl sites for hydroxylation is 1. The molecule has 0 fully saturated rings. The van der Waals surface area contributed by atoms with Crippen molar-refractivity contribution in [2.45, 2.75) is 26.4 Å². The van der Waals surface area contributed by atoms with E-state index in [-0.39, 0.29) is 18.3 Å². The van der Waals surface area contributed by atoms with Crippen LogP contribution < -0.4 is 10.8 Å². The Morgan fingerprint density at radius 2 is 2.00 bits per heavy atom. The highest BCUT2D eigenvalue weighted by molar-refractivity contribution is 6.62. The molecule has 2 N–H and O–H groups in total. The number of esters is 1. The van der Waals surface area contributed by atoms with Gasteiger partial charge in [0.2, 0.25) is 5.91 Å². The monoisotopic (exact) mass is 353 g/mol. The van der Waals surface area contributed by atoms with Crippen LogP contribution in [0.5, 0.6) is 0 Å². The predicted octanol–water partition coefficient (Wildman–Crippen LogP) is 1.65. The molecule has 0 radical (unpaired) electrons. The van der Waals surface area contributed by atoms with Crippen molar-refractivity contribution in [3.05, 3.63) is 59.2 Å². The highest BCUT2D eigenvalue weighted by Gasteiger charge is 2.29. The van der Waals surface area contributed by atoms with Gasteiger partial charge in [0.1, 0.15) is 0 Å². The quantitative estimate of drug-likeness (QED) is 0.609. The lowest BCUT2D eigenvalue weighted by molar-refractivity contribution is -0.116. The SMILES string of the molecule is CCOC(=O)c1ccc(NC(=O)CCc2cccc3c2B(O)OC3)cc1. The third-order valence-electron chi connectivity index (χ3n) is 4.23. The summed E-state index contributed by atoms with van der Waals surface area (Å²) in [4.78, 5) is 23.8. The topological polar surface area (TPSA) is 84.9 Å². The van der Waals surface area contributed by atoms with Gasteiger partial charge < -0.3 is 19.7 Å². The summed E-state index contributed by atoms with van der Waals surface area (Å²) in [5.74, 6) is -0.524. The number of amides is 1. The third-order valence-corrected chi connectivity index (χ3v) is 4.23. The molecule has 7 heteroatoms. The minimum atomic E-state index is -0.917. The van der Waals surface area contributed by atoms with E-state index in [1.807, 2.05) is 18.2 Å². The average Bonchev–Trinajstić information content (AvgIpc) is 3.02. The molecule has 1 heterocycles. The standard InChI is InChI=1S/C19H20BNO5/c1-2-25-19(23)14-6-9-16(10-7-14)21-17(22)11-8-13-4-3-5-15-12-26-20(24)18(13)15/h3-7,9-10,24H,2,8,11-12H2,1H3,(H,21,22). The van der Waals surface area contributed by atoms with Gasteiger partial charge in [-0.3, -0.25) is 4.79 Å². The summed E-state index contributed by atoms with van der Waals surface area (Å²) in [5.41, 5.74) is 3.72. The van der Waals surface area contributed by atoms with Crippen LogP contribution in [0.4, 0.5) is 5.69 Å². The zero-order chi connectivity index (χ0) is 18.5. The van der Waals surface area contributed by atoms with E-state index < -0.39 is 7.12 Å². The van der Waals surface area contributed by atoms with Gasteiger partial charge >= 0.3 is 13.1 Å². The molecule has 3 rings (SSSR count). The molecule has 0 saturated heterocycles. The normalized spacial score (nSPS) is 12.6. The van der Waals surface area contributed by atoms with Gasteiger partial charge in [-0.15, -0.1) is 0 Å². The number of benzene rings is 2. The van der Waals surface area contributed by atoms with Crippen molar-refractivity contribution in [1.29, 1.82) is 0 Å². The first-order valence-electron chi connectivity index (χ1n) is 8.56. The highest BCUT2D eigenvalue weighted by atomic mass is 16.5. The molecule has 1 aliphatic rings. The van der Waals surface area contributed by atoms with Crippen LogP contribution in [-0.2, 0) is 27.2 Å². The second-order valence-corrected chi connectivity index (χ2v) is 6.00. The van der Waals surface area contributed by atoms with Gasteiger partial charge in [0.15, 0.2) is 0 Å². The first-order valence-corrected chi connectivity index (χ1v) is 8.56. The molecule has 0 atom stereocenters. The molecule has 0 aliphatic carbocycles. The third kappa shape index (κ3) is 4.12. The van der Waals surface area contributed by atoms with E-state index in [1.165, 1.54) is 0 Å². The number of hydrogen-bond donors (Lipinski definition) is 2. The number of ether oxygens (including phenoxy) is 1. The Balaban J connectivity index is 1.57. The molecule has 0 aromatic heterocycles. The minimum absolute atomic E-state index is 0.139. The Hall–Kier alpha value is -2.64. The van der Waals surface area contributed by atoms with E-state index in [9.17, 15) is 14.6 Å². The summed E-state index contributed by atoms with van der Waals surface area (Å²) in [6, 6.07) is 12.3. The molecule has 1 amide bonds. The highest BCUT2D eigenvalue weighted by Crippen LogP contribution is 2.15. The van der Waals surface area contributed by atoms with Crippen molar-refractivity contribution in [2.75, 3.05) is 11.9 Å². The lowest BCUT2D eigenvalue weighted by Gasteiger charge is -2.09. The maximum Gasteiger partial charge on any atom is 0.492 e. The first kappa shape index (κ1) is 18.2. The molecular formula is C19H20BNO5. The molecule has 26 heavy (non-hydrogen) atoms. The van der Waals surface area contributed by atoms with Crippen molar-refractivity contribution in [2.24, 2.45) is 0 Å². The molecular weight excluding hydrogens is 333 g/mol. The van der Waals surface area contributed by atoms with E-state index >= 15 is 0 Å². The number of carbonyl (C=O) groups excluding carboxylic acids is 2. The van der Waals surface area contributed by atoms with Crippen LogP contribution in [0.2, 0.25) is 0 Å². The number of anilines is 1. The van der Waals surface area contributed by atoms with Crippen LogP contribution in [0.15, 0.2) is 42.5 Å². The van der Waals surface area contributed by atoms with Crippen LogP contribution in [0, 0.1) is 0 Å². The second-order valence-electron chi connectivity index (χ2n) is 6.00. The zero-order valence-corrected chi connectivity index (χ0v) is 14.5. The summed E-state index contributed by atoms with van der Waals surface area (Å²) in [6.07, 6.45) is 0.791. The average molecular weight is 353 g/mol. The molecule has 134 valence electrons. The van der Waals surface area contributed by atoms with Crippen molar-refractivity contribution in [1.82, 2.24) is 0 Å². The van der Waals surface area contributed by atoms with Gasteiger partial charge in [0.25, 0.3) is 0 Å². The maximum atomic E-state index is 12.2. The van der Waals surface area contributed by atoms with Gasteiger partial charge in [0, 0.05) is 12.1 Å². The van der Waals surface area contributed by atoms with E-state index in [1.54, 1.807) is 31.2 Å². The summed E-state index contributed by atoms with van der Waals surface area (Å²) in [7, 11) is -0.917. The molecule has 0 saturated carbocycles. The lowest BCUT2D eigenvalue weighted by Crippen LogP contribution is -2.31. The molecule has 0 unspecified atom stereocenters. The Morgan fingerprint density at radius 1 is 1.23 bits per heavy atom. The van der Waals surface area contributed by atoms with Gasteiger partial charge in [-0.1, -0.05) is 18.2 Å². The van der Waals surface area contributed by atoms with E-state index in [4.69, 9.17) is 9.39 Å². The first-order chi connectivity index (χ1) is 12.6. The van der Waals surface area contributed by atoms with Crippen LogP contribution in [0.3, 0.4) is 0 Å². The van der Waals surface area contributed by atoms with Crippen molar-refractivity contribution >= 4 is 30.1 Å². The minimum Gasteiger partial charge on any atom is -0.462 e. The molecule has 2 aromatic rings. The Labute approximate surface area is 152 Å². The molecule has 6 nitrogen and oxygen atoms in total. The summed E-state index contributed by atoms with van der Waals surface area (Å²) in [5, 5.41) is 12.7. The lowest BCUT2D eigenvalue weighted by atomic mass is 9.75. The van der Waals surface area contributed by atoms with E-state index in [2.05, 4.69) is 5.32 Å². The zero-order valence-electron chi connectivity index (χ0n) is 14.5. The van der Waals surface area contributed by atoms with E-state index in [0.717, 1.165) is 16.6 Å². The Bertz CT molecular complexity index is 806. The van der Waals surface area contributed by atoms with Crippen LogP contribution >= 0.6 is 0 Å². The number of rotatable bonds is 6. The van der Waals surface area contributed by atoms with Crippen LogP contribution in [-0.4, -0.2) is 30.6 Å². The second kappa shape index (κ2) is 8.16. The van der Waals surface area contributed by atoms with E-state index in [0.29, 0.717) is 30.9 Å². The molecule has 0 bridgehead atoms.